The van der Waals surface area contributed by atoms with E-state index < -0.39 is 0 Å². The van der Waals surface area contributed by atoms with E-state index in [4.69, 9.17) is 9.47 Å². The first-order chi connectivity index (χ1) is 12.1. The van der Waals surface area contributed by atoms with Crippen LogP contribution in [0, 0.1) is 6.92 Å². The number of hydrogen-bond donors (Lipinski definition) is 0. The lowest BCUT2D eigenvalue weighted by atomic mass is 9.98. The van der Waals surface area contributed by atoms with Gasteiger partial charge in [-0.1, -0.05) is 0 Å². The molecule has 0 radical (unpaired) electrons. The van der Waals surface area contributed by atoms with Crippen molar-refractivity contribution in [3.05, 3.63) is 42.2 Å². The van der Waals surface area contributed by atoms with Gasteiger partial charge in [-0.3, -0.25) is 9.78 Å². The molecular formula is C17H19N5O3. The molecule has 2 aromatic heterocycles. The van der Waals surface area contributed by atoms with Crippen molar-refractivity contribution in [1.29, 1.82) is 0 Å². The number of nitrogens with zero attached hydrogens (tertiary/aromatic N) is 5. The molecule has 130 valence electrons. The summed E-state index contributed by atoms with van der Waals surface area (Å²) in [6, 6.07) is 2.10. The van der Waals surface area contributed by atoms with E-state index in [-0.39, 0.29) is 17.6 Å². The second-order valence-electron chi connectivity index (χ2n) is 6.49. The fraction of sp³-hybridized carbons (Fsp3) is 0.471. The van der Waals surface area contributed by atoms with Crippen LogP contribution >= 0.6 is 0 Å². The van der Waals surface area contributed by atoms with Crippen molar-refractivity contribution in [2.24, 2.45) is 0 Å². The van der Waals surface area contributed by atoms with Crippen LogP contribution in [0.15, 0.2) is 30.9 Å². The number of carbonyl (C=O) groups is 1. The molecule has 0 unspecified atom stereocenters. The number of aromatic nitrogens is 4. The fourth-order valence-corrected chi connectivity index (χ4v) is 3.34. The van der Waals surface area contributed by atoms with Crippen molar-refractivity contribution in [3.63, 3.8) is 0 Å². The molecule has 0 aromatic carbocycles. The van der Waals surface area contributed by atoms with E-state index in [1.165, 1.54) is 6.20 Å². The Kier molecular flexibility index (Phi) is 4.04. The van der Waals surface area contributed by atoms with E-state index in [1.807, 2.05) is 6.92 Å². The van der Waals surface area contributed by atoms with Crippen LogP contribution in [0.2, 0.25) is 0 Å². The molecule has 2 aromatic rings. The molecular weight excluding hydrogens is 322 g/mol. The van der Waals surface area contributed by atoms with Gasteiger partial charge >= 0.3 is 6.01 Å². The molecule has 4 heterocycles. The largest absolute Gasteiger partial charge is 0.458 e. The highest BCUT2D eigenvalue weighted by atomic mass is 16.6. The summed E-state index contributed by atoms with van der Waals surface area (Å²) >= 11 is 0. The van der Waals surface area contributed by atoms with Gasteiger partial charge in [0.05, 0.1) is 30.6 Å². The molecule has 8 nitrogen and oxygen atoms in total. The molecule has 2 aliphatic heterocycles. The Hall–Kier alpha value is -2.61. The Morgan fingerprint density at radius 2 is 2.12 bits per heavy atom. The van der Waals surface area contributed by atoms with Gasteiger partial charge in [0.15, 0.2) is 0 Å². The summed E-state index contributed by atoms with van der Waals surface area (Å²) in [7, 11) is 0. The van der Waals surface area contributed by atoms with Gasteiger partial charge in [0, 0.05) is 31.6 Å². The van der Waals surface area contributed by atoms with Crippen molar-refractivity contribution in [2.75, 3.05) is 19.7 Å². The highest BCUT2D eigenvalue weighted by molar-refractivity contribution is 5.92. The van der Waals surface area contributed by atoms with Crippen LogP contribution in [0.3, 0.4) is 0 Å². The maximum absolute atomic E-state index is 12.6. The number of carbonyl (C=O) groups excluding carboxylic acids is 1. The van der Waals surface area contributed by atoms with Gasteiger partial charge in [0.2, 0.25) is 0 Å². The third-order valence-corrected chi connectivity index (χ3v) is 4.59. The second-order valence-corrected chi connectivity index (χ2v) is 6.49. The summed E-state index contributed by atoms with van der Waals surface area (Å²) < 4.78 is 11.8. The smallest absolute Gasteiger partial charge is 0.316 e. The molecule has 2 saturated heterocycles. The van der Waals surface area contributed by atoms with Crippen molar-refractivity contribution in [1.82, 2.24) is 24.8 Å². The van der Waals surface area contributed by atoms with E-state index in [9.17, 15) is 4.79 Å². The summed E-state index contributed by atoms with van der Waals surface area (Å²) in [6.07, 6.45) is 7.82. The monoisotopic (exact) mass is 341 g/mol. The third kappa shape index (κ3) is 3.30. The molecule has 1 spiro atoms. The van der Waals surface area contributed by atoms with Crippen LogP contribution in [0.1, 0.15) is 29.0 Å². The predicted octanol–water partition coefficient (Wildman–Crippen LogP) is 1.03. The highest BCUT2D eigenvalue weighted by Gasteiger charge is 2.48. The SMILES string of the molecule is Cc1cnc(C(=O)N2CC[C@@]3(C[C@H](Oc4ncccn4)CO3)C2)cn1. The molecule has 0 bridgehead atoms. The first-order valence-electron chi connectivity index (χ1n) is 8.29. The summed E-state index contributed by atoms with van der Waals surface area (Å²) in [6.45, 7) is 3.50. The number of hydrogen-bond acceptors (Lipinski definition) is 7. The standard InChI is InChI=1S/C17H19N5O3/c1-12-8-21-14(9-20-12)15(23)22-6-3-17(11-22)7-13(10-24-17)25-16-18-4-2-5-19-16/h2,4-5,8-9,13H,3,6-7,10-11H2,1H3/t13-,17+/m0/s1. The molecule has 25 heavy (non-hydrogen) atoms. The first-order valence-corrected chi connectivity index (χ1v) is 8.29. The predicted molar refractivity (Wildman–Crippen MR) is 87.0 cm³/mol. The topological polar surface area (TPSA) is 90.3 Å². The average Bonchev–Trinajstić information content (AvgIpc) is 3.23. The first kappa shape index (κ1) is 15.9. The van der Waals surface area contributed by atoms with Crippen LogP contribution in [0.25, 0.3) is 0 Å². The van der Waals surface area contributed by atoms with Crippen molar-refractivity contribution >= 4 is 5.91 Å². The molecule has 0 saturated carbocycles. The molecule has 1 amide bonds. The fourth-order valence-electron chi connectivity index (χ4n) is 3.34. The lowest BCUT2D eigenvalue weighted by Crippen LogP contribution is -2.36. The average molecular weight is 341 g/mol. The Morgan fingerprint density at radius 1 is 1.28 bits per heavy atom. The summed E-state index contributed by atoms with van der Waals surface area (Å²) in [5.41, 5.74) is 0.801. The third-order valence-electron chi connectivity index (χ3n) is 4.59. The van der Waals surface area contributed by atoms with Crippen LogP contribution in [0.5, 0.6) is 6.01 Å². The van der Waals surface area contributed by atoms with Crippen LogP contribution in [-0.2, 0) is 4.74 Å². The normalized spacial score (nSPS) is 25.5. The highest BCUT2D eigenvalue weighted by Crippen LogP contribution is 2.36. The van der Waals surface area contributed by atoms with Gasteiger partial charge in [0.1, 0.15) is 11.8 Å². The van der Waals surface area contributed by atoms with Gasteiger partial charge in [0.25, 0.3) is 5.91 Å². The summed E-state index contributed by atoms with van der Waals surface area (Å²) in [5, 5.41) is 0. The minimum Gasteiger partial charge on any atom is -0.458 e. The van der Waals surface area contributed by atoms with Gasteiger partial charge in [-0.25, -0.2) is 15.0 Å². The molecule has 4 rings (SSSR count). The molecule has 2 fully saturated rings. The number of aryl methyl sites for hydroxylation is 1. The summed E-state index contributed by atoms with van der Waals surface area (Å²) in [5.74, 6) is -0.108. The Balaban J connectivity index is 1.38. The molecule has 2 aliphatic rings. The molecule has 8 heteroatoms. The van der Waals surface area contributed by atoms with Crippen molar-refractivity contribution in [3.8, 4) is 6.01 Å². The van der Waals surface area contributed by atoms with E-state index in [1.54, 1.807) is 29.6 Å². The van der Waals surface area contributed by atoms with E-state index in [0.717, 1.165) is 12.1 Å². The Bertz CT molecular complexity index is 755. The Labute approximate surface area is 145 Å². The maximum Gasteiger partial charge on any atom is 0.316 e. The van der Waals surface area contributed by atoms with Gasteiger partial charge in [-0.15, -0.1) is 0 Å². The number of likely N-dealkylation sites (tertiary alicyclic amines) is 1. The lowest BCUT2D eigenvalue weighted by Gasteiger charge is -2.23. The van der Waals surface area contributed by atoms with Crippen LogP contribution < -0.4 is 4.74 Å². The molecule has 2 atom stereocenters. The second kappa shape index (κ2) is 6.36. The number of amides is 1. The van der Waals surface area contributed by atoms with E-state index >= 15 is 0 Å². The van der Waals surface area contributed by atoms with Crippen LogP contribution in [-0.4, -0.2) is 62.1 Å². The van der Waals surface area contributed by atoms with E-state index in [2.05, 4.69) is 19.9 Å². The lowest BCUT2D eigenvalue weighted by molar-refractivity contribution is 0.00967. The molecule has 0 N–H and O–H groups in total. The minimum absolute atomic E-state index is 0.100. The number of ether oxygens (including phenoxy) is 2. The number of rotatable bonds is 3. The zero-order valence-corrected chi connectivity index (χ0v) is 14.0. The van der Waals surface area contributed by atoms with Crippen LogP contribution in [0.4, 0.5) is 0 Å². The van der Waals surface area contributed by atoms with E-state index in [0.29, 0.717) is 37.8 Å². The van der Waals surface area contributed by atoms with Gasteiger partial charge < -0.3 is 14.4 Å². The van der Waals surface area contributed by atoms with Crippen molar-refractivity contribution < 1.29 is 14.3 Å². The quantitative estimate of drug-likeness (QED) is 0.823. The zero-order chi connectivity index (χ0) is 17.3. The van der Waals surface area contributed by atoms with Crippen molar-refractivity contribution in [2.45, 2.75) is 31.5 Å². The molecule has 0 aliphatic carbocycles. The minimum atomic E-state index is -0.354. The maximum atomic E-state index is 12.6. The Morgan fingerprint density at radius 3 is 2.88 bits per heavy atom. The van der Waals surface area contributed by atoms with Gasteiger partial charge in [-0.05, 0) is 19.4 Å². The summed E-state index contributed by atoms with van der Waals surface area (Å²) in [4.78, 5) is 30.8. The van der Waals surface area contributed by atoms with Gasteiger partial charge in [-0.2, -0.15) is 0 Å². The zero-order valence-electron chi connectivity index (χ0n) is 14.0.